The van der Waals surface area contributed by atoms with Crippen LogP contribution in [0, 0.1) is 13.8 Å². The fraction of sp³-hybridized carbons (Fsp3) is 0.261. The monoisotopic (exact) mass is 391 g/mol. The summed E-state index contributed by atoms with van der Waals surface area (Å²) in [6.07, 6.45) is 1.51. The second kappa shape index (κ2) is 9.68. The van der Waals surface area contributed by atoms with E-state index in [4.69, 9.17) is 4.74 Å². The minimum absolute atomic E-state index is 0.360. The smallest absolute Gasteiger partial charge is 0.292 e. The second-order valence-electron chi connectivity index (χ2n) is 6.75. The number of unbranched alkanes of at least 4 members (excludes halogenated alkanes) is 1. The number of aromatic nitrogens is 2. The third-order valence-electron chi connectivity index (χ3n) is 4.59. The number of hydrogen-bond acceptors (Lipinski definition) is 4. The average Bonchev–Trinajstić information content (AvgIpc) is 3.05. The normalized spacial score (nSPS) is 10.6. The summed E-state index contributed by atoms with van der Waals surface area (Å²) >= 11 is 0. The Morgan fingerprint density at radius 1 is 0.966 bits per heavy atom. The van der Waals surface area contributed by atoms with Gasteiger partial charge in [-0.15, -0.1) is 0 Å². The van der Waals surface area contributed by atoms with Crippen molar-refractivity contribution in [3.63, 3.8) is 0 Å². The number of ketones is 1. The molecule has 0 unspecified atom stereocenters. The van der Waals surface area contributed by atoms with Crippen molar-refractivity contribution in [1.29, 1.82) is 0 Å². The summed E-state index contributed by atoms with van der Waals surface area (Å²) < 4.78 is 7.31. The summed E-state index contributed by atoms with van der Waals surface area (Å²) in [5.74, 6) is -0.330. The maximum atomic E-state index is 12.6. The van der Waals surface area contributed by atoms with Crippen LogP contribution in [0.15, 0.2) is 60.7 Å². The van der Waals surface area contributed by atoms with Gasteiger partial charge in [0.1, 0.15) is 5.75 Å². The van der Waals surface area contributed by atoms with E-state index < -0.39 is 11.7 Å². The molecule has 6 heteroatoms. The number of ether oxygens (including phenoxy) is 1. The molecule has 1 N–H and O–H groups in total. The van der Waals surface area contributed by atoms with Crippen LogP contribution in [0.2, 0.25) is 0 Å². The van der Waals surface area contributed by atoms with Gasteiger partial charge in [0.2, 0.25) is 0 Å². The third-order valence-corrected chi connectivity index (χ3v) is 4.59. The van der Waals surface area contributed by atoms with Crippen LogP contribution in [0.5, 0.6) is 5.75 Å². The molecule has 2 aromatic carbocycles. The van der Waals surface area contributed by atoms with Crippen LogP contribution in [0.25, 0.3) is 5.69 Å². The van der Waals surface area contributed by atoms with Crippen molar-refractivity contribution in [2.45, 2.75) is 26.7 Å². The van der Waals surface area contributed by atoms with Crippen LogP contribution in [-0.4, -0.2) is 34.6 Å². The van der Waals surface area contributed by atoms with Gasteiger partial charge >= 0.3 is 0 Å². The molecule has 6 nitrogen and oxygen atoms in total. The topological polar surface area (TPSA) is 73.2 Å². The molecule has 3 rings (SSSR count). The van der Waals surface area contributed by atoms with Crippen LogP contribution >= 0.6 is 0 Å². The zero-order chi connectivity index (χ0) is 20.6. The molecular weight excluding hydrogens is 366 g/mol. The van der Waals surface area contributed by atoms with Crippen molar-refractivity contribution in [3.05, 3.63) is 77.6 Å². The van der Waals surface area contributed by atoms with Gasteiger partial charge in [-0.2, -0.15) is 5.10 Å². The molecule has 0 saturated carbocycles. The van der Waals surface area contributed by atoms with E-state index in [1.165, 1.54) is 0 Å². The number of rotatable bonds is 9. The largest absolute Gasteiger partial charge is 0.494 e. The van der Waals surface area contributed by atoms with Crippen LogP contribution in [-0.2, 0) is 4.79 Å². The molecule has 0 aliphatic heterocycles. The minimum atomic E-state index is -0.604. The molecule has 1 heterocycles. The lowest BCUT2D eigenvalue weighted by molar-refractivity contribution is -0.117. The van der Waals surface area contributed by atoms with Crippen molar-refractivity contribution >= 4 is 11.7 Å². The van der Waals surface area contributed by atoms with E-state index in [1.54, 1.807) is 18.5 Å². The van der Waals surface area contributed by atoms with E-state index in [0.717, 1.165) is 24.3 Å². The quantitative estimate of drug-likeness (QED) is 0.343. The minimum Gasteiger partial charge on any atom is -0.494 e. The molecule has 3 aromatic rings. The molecular formula is C23H25N3O3. The lowest BCUT2D eigenvalue weighted by atomic mass is 10.1. The third kappa shape index (κ3) is 5.10. The number of benzene rings is 2. The van der Waals surface area contributed by atoms with E-state index in [2.05, 4.69) is 10.4 Å². The SMILES string of the molecule is Cc1nn(-c2ccccc2)c(C)c1C(=O)C(=O)NCCCCOc1ccccc1. The highest BCUT2D eigenvalue weighted by Gasteiger charge is 2.24. The fourth-order valence-corrected chi connectivity index (χ4v) is 3.12. The van der Waals surface area contributed by atoms with Crippen molar-refractivity contribution in [2.75, 3.05) is 13.2 Å². The van der Waals surface area contributed by atoms with E-state index >= 15 is 0 Å². The Labute approximate surface area is 170 Å². The summed E-state index contributed by atoms with van der Waals surface area (Å²) in [5, 5.41) is 7.13. The van der Waals surface area contributed by atoms with Crippen molar-refractivity contribution in [2.24, 2.45) is 0 Å². The Morgan fingerprint density at radius 3 is 2.31 bits per heavy atom. The van der Waals surface area contributed by atoms with E-state index in [9.17, 15) is 9.59 Å². The highest BCUT2D eigenvalue weighted by Crippen LogP contribution is 2.18. The fourth-order valence-electron chi connectivity index (χ4n) is 3.12. The highest BCUT2D eigenvalue weighted by molar-refractivity contribution is 6.43. The molecule has 0 fully saturated rings. The molecule has 0 aliphatic rings. The molecule has 0 spiro atoms. The first-order valence-electron chi connectivity index (χ1n) is 9.70. The van der Waals surface area contributed by atoms with Gasteiger partial charge < -0.3 is 10.1 Å². The summed E-state index contributed by atoms with van der Waals surface area (Å²) in [6, 6.07) is 19.1. The number of carbonyl (C=O) groups is 2. The predicted molar refractivity (Wildman–Crippen MR) is 112 cm³/mol. The van der Waals surface area contributed by atoms with Gasteiger partial charge in [-0.1, -0.05) is 36.4 Å². The van der Waals surface area contributed by atoms with Crippen molar-refractivity contribution < 1.29 is 14.3 Å². The molecule has 29 heavy (non-hydrogen) atoms. The number of nitrogens with zero attached hydrogens (tertiary/aromatic N) is 2. The summed E-state index contributed by atoms with van der Waals surface area (Å²) in [6.45, 7) is 4.53. The van der Waals surface area contributed by atoms with Gasteiger partial charge in [0.05, 0.1) is 29.2 Å². The molecule has 0 radical (unpaired) electrons. The standard InChI is InChI=1S/C23H25N3O3/c1-17-21(18(2)26(25-17)19-11-5-3-6-12-19)22(27)23(28)24-15-9-10-16-29-20-13-7-4-8-14-20/h3-8,11-14H,9-10,15-16H2,1-2H3,(H,24,28). The predicted octanol–water partition coefficient (Wildman–Crippen LogP) is 3.65. The first kappa shape index (κ1) is 20.3. The van der Waals surface area contributed by atoms with Gasteiger partial charge in [0.15, 0.2) is 0 Å². The van der Waals surface area contributed by atoms with Gasteiger partial charge in [-0.3, -0.25) is 9.59 Å². The number of amides is 1. The Kier molecular flexibility index (Phi) is 6.79. The number of para-hydroxylation sites is 2. The van der Waals surface area contributed by atoms with E-state index in [0.29, 0.717) is 30.1 Å². The highest BCUT2D eigenvalue weighted by atomic mass is 16.5. The zero-order valence-electron chi connectivity index (χ0n) is 16.7. The number of carbonyl (C=O) groups excluding carboxylic acids is 2. The second-order valence-corrected chi connectivity index (χ2v) is 6.75. The first-order valence-corrected chi connectivity index (χ1v) is 9.70. The number of Topliss-reactive ketones (excluding diaryl/α,β-unsaturated/α-hetero) is 1. The average molecular weight is 391 g/mol. The Balaban J connectivity index is 1.50. The van der Waals surface area contributed by atoms with E-state index in [-0.39, 0.29) is 0 Å². The lowest BCUT2D eigenvalue weighted by Crippen LogP contribution is -2.32. The summed E-state index contributed by atoms with van der Waals surface area (Å²) in [5.41, 5.74) is 2.41. The Morgan fingerprint density at radius 2 is 1.62 bits per heavy atom. The molecule has 1 amide bonds. The lowest BCUT2D eigenvalue weighted by Gasteiger charge is -2.07. The summed E-state index contributed by atoms with van der Waals surface area (Å²) in [7, 11) is 0. The Hall–Kier alpha value is -3.41. The van der Waals surface area contributed by atoms with Gasteiger partial charge in [-0.25, -0.2) is 4.68 Å². The van der Waals surface area contributed by atoms with Crippen molar-refractivity contribution in [1.82, 2.24) is 15.1 Å². The van der Waals surface area contributed by atoms with Crippen molar-refractivity contribution in [3.8, 4) is 11.4 Å². The molecule has 0 bridgehead atoms. The van der Waals surface area contributed by atoms with E-state index in [1.807, 2.05) is 60.7 Å². The zero-order valence-corrected chi connectivity index (χ0v) is 16.7. The molecule has 0 aliphatic carbocycles. The molecule has 0 atom stereocenters. The molecule has 0 saturated heterocycles. The number of nitrogens with one attached hydrogen (secondary N) is 1. The first-order chi connectivity index (χ1) is 14.1. The van der Waals surface area contributed by atoms with Gasteiger partial charge in [0.25, 0.3) is 11.7 Å². The van der Waals surface area contributed by atoms with Crippen LogP contribution in [0.3, 0.4) is 0 Å². The number of hydrogen-bond donors (Lipinski definition) is 1. The maximum Gasteiger partial charge on any atom is 0.292 e. The molecule has 150 valence electrons. The van der Waals surface area contributed by atoms with Crippen LogP contribution < -0.4 is 10.1 Å². The number of aryl methyl sites for hydroxylation is 1. The van der Waals surface area contributed by atoms with Crippen LogP contribution in [0.4, 0.5) is 0 Å². The summed E-state index contributed by atoms with van der Waals surface area (Å²) in [4.78, 5) is 25.0. The van der Waals surface area contributed by atoms with Gasteiger partial charge in [0, 0.05) is 6.54 Å². The van der Waals surface area contributed by atoms with Crippen LogP contribution in [0.1, 0.15) is 34.6 Å². The maximum absolute atomic E-state index is 12.6. The van der Waals surface area contributed by atoms with Gasteiger partial charge in [-0.05, 0) is 51.0 Å². The molecule has 1 aromatic heterocycles. The Bertz CT molecular complexity index is 966.